The van der Waals surface area contributed by atoms with Crippen LogP contribution in [-0.4, -0.2) is 36.5 Å². The molecule has 1 amide bonds. The number of benzene rings is 1. The molecule has 1 aromatic rings. The Hall–Kier alpha value is -0.580. The van der Waals surface area contributed by atoms with Crippen molar-refractivity contribution in [3.8, 4) is 0 Å². The predicted molar refractivity (Wildman–Crippen MR) is 72.5 cm³/mol. The molecule has 1 fully saturated rings. The highest BCUT2D eigenvalue weighted by molar-refractivity contribution is 9.10. The molecule has 0 aliphatic carbocycles. The quantitative estimate of drug-likeness (QED) is 0.929. The second kappa shape index (κ2) is 5.38. The number of rotatable bonds is 3. The van der Waals surface area contributed by atoms with E-state index in [-0.39, 0.29) is 5.91 Å². The molecule has 0 atom stereocenters. The SMILES string of the molecule is CCN(C(=O)c1ccc(Br)c(Cl)c1)C1CNC1. The normalized spacial score (nSPS) is 15.5. The lowest BCUT2D eigenvalue weighted by Gasteiger charge is -2.37. The molecule has 1 heterocycles. The molecule has 0 unspecified atom stereocenters. The van der Waals surface area contributed by atoms with Gasteiger partial charge in [0, 0.05) is 29.7 Å². The average Bonchev–Trinajstić information content (AvgIpc) is 2.26. The van der Waals surface area contributed by atoms with E-state index in [9.17, 15) is 4.79 Å². The van der Waals surface area contributed by atoms with Crippen molar-refractivity contribution in [2.75, 3.05) is 19.6 Å². The first-order valence-electron chi connectivity index (χ1n) is 5.60. The molecule has 0 spiro atoms. The van der Waals surface area contributed by atoms with Crippen molar-refractivity contribution in [3.63, 3.8) is 0 Å². The fourth-order valence-corrected chi connectivity index (χ4v) is 2.28. The minimum absolute atomic E-state index is 0.0494. The van der Waals surface area contributed by atoms with Crippen LogP contribution in [0.4, 0.5) is 0 Å². The van der Waals surface area contributed by atoms with Gasteiger partial charge in [-0.15, -0.1) is 0 Å². The largest absolute Gasteiger partial charge is 0.333 e. The van der Waals surface area contributed by atoms with Crippen LogP contribution in [0.15, 0.2) is 22.7 Å². The molecule has 3 nitrogen and oxygen atoms in total. The molecule has 0 aromatic heterocycles. The first kappa shape index (κ1) is 12.9. The van der Waals surface area contributed by atoms with Gasteiger partial charge in [0.05, 0.1) is 11.1 Å². The topological polar surface area (TPSA) is 32.3 Å². The predicted octanol–water partition coefficient (Wildman–Crippen LogP) is 2.54. The second-order valence-electron chi connectivity index (χ2n) is 4.03. The fraction of sp³-hybridized carbons (Fsp3) is 0.417. The summed E-state index contributed by atoms with van der Waals surface area (Å²) in [5.74, 6) is 0.0494. The van der Waals surface area contributed by atoms with Crippen molar-refractivity contribution in [3.05, 3.63) is 33.3 Å². The van der Waals surface area contributed by atoms with Gasteiger partial charge in [-0.1, -0.05) is 11.6 Å². The van der Waals surface area contributed by atoms with E-state index in [0.29, 0.717) is 16.6 Å². The summed E-state index contributed by atoms with van der Waals surface area (Å²) in [7, 11) is 0. The van der Waals surface area contributed by atoms with Gasteiger partial charge in [-0.25, -0.2) is 0 Å². The lowest BCUT2D eigenvalue weighted by molar-refractivity contribution is 0.0630. The van der Waals surface area contributed by atoms with Crippen molar-refractivity contribution in [2.24, 2.45) is 0 Å². The Morgan fingerprint density at radius 2 is 2.29 bits per heavy atom. The van der Waals surface area contributed by atoms with Crippen molar-refractivity contribution in [2.45, 2.75) is 13.0 Å². The number of carbonyl (C=O) groups is 1. The molecule has 1 aromatic carbocycles. The summed E-state index contributed by atoms with van der Waals surface area (Å²) in [5.41, 5.74) is 0.645. The van der Waals surface area contributed by atoms with Gasteiger partial charge in [0.15, 0.2) is 0 Å². The van der Waals surface area contributed by atoms with Gasteiger partial charge in [0.1, 0.15) is 0 Å². The van der Waals surface area contributed by atoms with E-state index >= 15 is 0 Å². The summed E-state index contributed by atoms with van der Waals surface area (Å²) in [4.78, 5) is 14.2. The van der Waals surface area contributed by atoms with E-state index < -0.39 is 0 Å². The van der Waals surface area contributed by atoms with Crippen LogP contribution in [0, 0.1) is 0 Å². The maximum absolute atomic E-state index is 12.3. The molecule has 2 rings (SSSR count). The highest BCUT2D eigenvalue weighted by atomic mass is 79.9. The lowest BCUT2D eigenvalue weighted by Crippen LogP contribution is -2.58. The Labute approximate surface area is 114 Å². The van der Waals surface area contributed by atoms with Crippen molar-refractivity contribution >= 4 is 33.4 Å². The number of nitrogens with zero attached hydrogens (tertiary/aromatic N) is 1. The van der Waals surface area contributed by atoms with Gasteiger partial charge >= 0.3 is 0 Å². The molecule has 0 saturated carbocycles. The van der Waals surface area contributed by atoms with Crippen LogP contribution in [0.1, 0.15) is 17.3 Å². The summed E-state index contributed by atoms with van der Waals surface area (Å²) >= 11 is 9.32. The molecule has 1 N–H and O–H groups in total. The Kier molecular flexibility index (Phi) is 4.07. The molecule has 0 bridgehead atoms. The van der Waals surface area contributed by atoms with E-state index in [1.807, 2.05) is 17.9 Å². The second-order valence-corrected chi connectivity index (χ2v) is 5.29. The molecular weight excluding hydrogens is 304 g/mol. The molecule has 92 valence electrons. The molecular formula is C12H14BrClN2O. The van der Waals surface area contributed by atoms with Crippen molar-refractivity contribution < 1.29 is 4.79 Å². The van der Waals surface area contributed by atoms with E-state index in [0.717, 1.165) is 24.1 Å². The van der Waals surface area contributed by atoms with Gasteiger partial charge < -0.3 is 10.2 Å². The number of hydrogen-bond acceptors (Lipinski definition) is 2. The minimum atomic E-state index is 0.0494. The molecule has 1 aliphatic heterocycles. The smallest absolute Gasteiger partial charge is 0.254 e. The maximum atomic E-state index is 12.3. The van der Waals surface area contributed by atoms with Crippen molar-refractivity contribution in [1.82, 2.24) is 10.2 Å². The van der Waals surface area contributed by atoms with Gasteiger partial charge in [-0.2, -0.15) is 0 Å². The highest BCUT2D eigenvalue weighted by Gasteiger charge is 2.27. The number of carbonyl (C=O) groups excluding carboxylic acids is 1. The number of halogens is 2. The first-order chi connectivity index (χ1) is 8.13. The van der Waals surface area contributed by atoms with E-state index in [4.69, 9.17) is 11.6 Å². The number of likely N-dealkylation sites (N-methyl/N-ethyl adjacent to an activating group) is 1. The van der Waals surface area contributed by atoms with E-state index in [1.165, 1.54) is 0 Å². The van der Waals surface area contributed by atoms with Crippen LogP contribution >= 0.6 is 27.5 Å². The van der Waals surface area contributed by atoms with Crippen LogP contribution in [0.25, 0.3) is 0 Å². The summed E-state index contributed by atoms with van der Waals surface area (Å²) in [6.07, 6.45) is 0. The van der Waals surface area contributed by atoms with Gasteiger partial charge in [-0.3, -0.25) is 4.79 Å². The zero-order valence-corrected chi connectivity index (χ0v) is 11.9. The lowest BCUT2D eigenvalue weighted by atomic mass is 10.1. The van der Waals surface area contributed by atoms with Gasteiger partial charge in [0.25, 0.3) is 5.91 Å². The molecule has 5 heteroatoms. The first-order valence-corrected chi connectivity index (χ1v) is 6.77. The van der Waals surface area contributed by atoms with Gasteiger partial charge in [-0.05, 0) is 41.1 Å². The Balaban J connectivity index is 2.19. The summed E-state index contributed by atoms with van der Waals surface area (Å²) in [5, 5.41) is 3.74. The maximum Gasteiger partial charge on any atom is 0.254 e. The molecule has 0 radical (unpaired) electrons. The zero-order chi connectivity index (χ0) is 12.4. The van der Waals surface area contributed by atoms with E-state index in [2.05, 4.69) is 21.2 Å². The number of hydrogen-bond donors (Lipinski definition) is 1. The molecule has 1 saturated heterocycles. The minimum Gasteiger partial charge on any atom is -0.333 e. The van der Waals surface area contributed by atoms with Crippen LogP contribution in [-0.2, 0) is 0 Å². The fourth-order valence-electron chi connectivity index (χ4n) is 1.86. The third-order valence-corrected chi connectivity index (χ3v) is 4.20. The Bertz CT molecular complexity index is 435. The monoisotopic (exact) mass is 316 g/mol. The summed E-state index contributed by atoms with van der Waals surface area (Å²) < 4.78 is 0.809. The van der Waals surface area contributed by atoms with Crippen LogP contribution in [0.3, 0.4) is 0 Å². The van der Waals surface area contributed by atoms with Crippen LogP contribution in [0.5, 0.6) is 0 Å². The van der Waals surface area contributed by atoms with Crippen molar-refractivity contribution in [1.29, 1.82) is 0 Å². The van der Waals surface area contributed by atoms with Gasteiger partial charge in [0.2, 0.25) is 0 Å². The van der Waals surface area contributed by atoms with Crippen LogP contribution < -0.4 is 5.32 Å². The number of amides is 1. The Morgan fingerprint density at radius 1 is 1.59 bits per heavy atom. The third kappa shape index (κ3) is 2.64. The summed E-state index contributed by atoms with van der Waals surface area (Å²) in [6.45, 7) is 4.48. The average molecular weight is 318 g/mol. The third-order valence-electron chi connectivity index (χ3n) is 2.97. The zero-order valence-electron chi connectivity index (χ0n) is 9.54. The molecule has 1 aliphatic rings. The Morgan fingerprint density at radius 3 is 2.76 bits per heavy atom. The van der Waals surface area contributed by atoms with Crippen LogP contribution in [0.2, 0.25) is 5.02 Å². The molecule has 17 heavy (non-hydrogen) atoms. The highest BCUT2D eigenvalue weighted by Crippen LogP contribution is 2.24. The van der Waals surface area contributed by atoms with E-state index in [1.54, 1.807) is 12.1 Å². The summed E-state index contributed by atoms with van der Waals surface area (Å²) in [6, 6.07) is 5.63. The number of nitrogens with one attached hydrogen (secondary N) is 1. The standard InChI is InChI=1S/C12H14BrClN2O/c1-2-16(9-6-15-7-9)12(17)8-3-4-10(13)11(14)5-8/h3-5,9,15H,2,6-7H2,1H3.